The second-order valence-electron chi connectivity index (χ2n) is 9.02. The van der Waals surface area contributed by atoms with Gasteiger partial charge in [-0.05, 0) is 53.9 Å². The van der Waals surface area contributed by atoms with E-state index >= 15 is 0 Å². The lowest BCUT2D eigenvalue weighted by Crippen LogP contribution is -2.41. The summed E-state index contributed by atoms with van der Waals surface area (Å²) in [5.74, 6) is 1.73. The summed E-state index contributed by atoms with van der Waals surface area (Å²) in [6, 6.07) is 18.5. The molecule has 1 aromatic heterocycles. The van der Waals surface area contributed by atoms with Crippen LogP contribution in [0.15, 0.2) is 54.6 Å². The van der Waals surface area contributed by atoms with Crippen LogP contribution in [-0.2, 0) is 18.5 Å². The molecule has 6 nitrogen and oxygen atoms in total. The summed E-state index contributed by atoms with van der Waals surface area (Å²) in [5.41, 5.74) is 3.92. The summed E-state index contributed by atoms with van der Waals surface area (Å²) in [6.07, 6.45) is 4.63. The number of thiocarbonyl (C=S) groups is 1. The van der Waals surface area contributed by atoms with Crippen molar-refractivity contribution in [3.05, 3.63) is 76.3 Å². The molecule has 34 heavy (non-hydrogen) atoms. The lowest BCUT2D eigenvalue weighted by Gasteiger charge is -2.30. The minimum Gasteiger partial charge on any atom is -0.481 e. The molecular weight excluding hydrogens is 466 g/mol. The minimum absolute atomic E-state index is 0.0262. The number of hydrogen-bond acceptors (Lipinski definition) is 5. The first-order chi connectivity index (χ1) is 16.5. The van der Waals surface area contributed by atoms with Crippen molar-refractivity contribution in [1.82, 2.24) is 15.3 Å². The van der Waals surface area contributed by atoms with Crippen LogP contribution in [0.5, 0.6) is 5.88 Å². The SMILES string of the molecule is COc1cc(N2Cc3ccccc3C2)nc(NC(=S)NCC2(c3cccc(Cl)c3)CCCC2)n1. The average Bonchev–Trinajstić information content (AvgIpc) is 3.51. The van der Waals surface area contributed by atoms with Crippen LogP contribution in [-0.4, -0.2) is 28.7 Å². The summed E-state index contributed by atoms with van der Waals surface area (Å²) in [5, 5.41) is 7.85. The molecule has 2 N–H and O–H groups in total. The third-order valence-corrected chi connectivity index (χ3v) is 7.35. The van der Waals surface area contributed by atoms with Gasteiger partial charge in [-0.3, -0.25) is 0 Å². The first kappa shape index (κ1) is 22.9. The molecular formula is C26H28ClN5OS. The zero-order valence-electron chi connectivity index (χ0n) is 19.2. The molecule has 8 heteroatoms. The third-order valence-electron chi connectivity index (χ3n) is 6.87. The summed E-state index contributed by atoms with van der Waals surface area (Å²) >= 11 is 11.9. The highest BCUT2D eigenvalue weighted by atomic mass is 35.5. The molecule has 2 aliphatic rings. The van der Waals surface area contributed by atoms with Crippen molar-refractivity contribution in [3.63, 3.8) is 0 Å². The van der Waals surface area contributed by atoms with Gasteiger partial charge in [0, 0.05) is 36.1 Å². The van der Waals surface area contributed by atoms with Gasteiger partial charge in [0.15, 0.2) is 5.11 Å². The van der Waals surface area contributed by atoms with E-state index in [1.165, 1.54) is 29.5 Å². The molecule has 1 aliphatic carbocycles. The van der Waals surface area contributed by atoms with Crippen molar-refractivity contribution in [3.8, 4) is 5.88 Å². The fourth-order valence-electron chi connectivity index (χ4n) is 5.06. The molecule has 2 aromatic carbocycles. The quantitative estimate of drug-likeness (QED) is 0.442. The zero-order chi connectivity index (χ0) is 23.5. The molecule has 1 saturated carbocycles. The first-order valence-corrected chi connectivity index (χ1v) is 12.4. The van der Waals surface area contributed by atoms with E-state index < -0.39 is 0 Å². The monoisotopic (exact) mass is 493 g/mol. The number of anilines is 2. The van der Waals surface area contributed by atoms with Gasteiger partial charge in [-0.2, -0.15) is 9.97 Å². The van der Waals surface area contributed by atoms with Gasteiger partial charge in [-0.25, -0.2) is 0 Å². The average molecular weight is 494 g/mol. The second kappa shape index (κ2) is 9.76. The standard InChI is InChI=1S/C26H28ClN5OS/c1-33-23-14-22(32-15-18-7-2-3-8-19(18)16-32)29-24(30-23)31-25(34)28-17-26(11-4-5-12-26)20-9-6-10-21(27)13-20/h2-3,6-10,13-14H,4-5,11-12,15-17H2,1H3,(H2,28,29,30,31,34). The van der Waals surface area contributed by atoms with Crippen molar-refractivity contribution in [2.45, 2.75) is 44.2 Å². The molecule has 0 saturated heterocycles. The molecule has 3 aromatic rings. The highest BCUT2D eigenvalue weighted by Gasteiger charge is 2.35. The first-order valence-electron chi connectivity index (χ1n) is 11.6. The number of methoxy groups -OCH3 is 1. The molecule has 1 aliphatic heterocycles. The normalized spacial score (nSPS) is 16.2. The van der Waals surface area contributed by atoms with Gasteiger partial charge in [0.1, 0.15) is 5.82 Å². The predicted octanol–water partition coefficient (Wildman–Crippen LogP) is 5.46. The number of fused-ring (bicyclic) bond motifs is 1. The highest BCUT2D eigenvalue weighted by molar-refractivity contribution is 7.80. The van der Waals surface area contributed by atoms with Gasteiger partial charge < -0.3 is 20.3 Å². The number of rotatable bonds is 6. The number of ether oxygens (including phenoxy) is 1. The number of hydrogen-bond donors (Lipinski definition) is 2. The van der Waals surface area contributed by atoms with Crippen molar-refractivity contribution in [1.29, 1.82) is 0 Å². The summed E-state index contributed by atoms with van der Waals surface area (Å²) in [7, 11) is 1.61. The van der Waals surface area contributed by atoms with Crippen molar-refractivity contribution in [2.75, 3.05) is 23.9 Å². The Labute approximate surface area is 210 Å². The molecule has 0 spiro atoms. The predicted molar refractivity (Wildman–Crippen MR) is 141 cm³/mol. The van der Waals surface area contributed by atoms with E-state index in [1.807, 2.05) is 18.2 Å². The molecule has 5 rings (SSSR count). The van der Waals surface area contributed by atoms with Gasteiger partial charge >= 0.3 is 0 Å². The molecule has 0 atom stereocenters. The van der Waals surface area contributed by atoms with E-state index in [0.717, 1.165) is 43.3 Å². The van der Waals surface area contributed by atoms with Crippen LogP contribution in [0.2, 0.25) is 5.02 Å². The Morgan fingerprint density at radius 3 is 2.47 bits per heavy atom. The number of halogens is 1. The number of nitrogens with one attached hydrogen (secondary N) is 2. The zero-order valence-corrected chi connectivity index (χ0v) is 20.8. The maximum Gasteiger partial charge on any atom is 0.234 e. The van der Waals surface area contributed by atoms with Crippen molar-refractivity contribution < 1.29 is 4.74 Å². The van der Waals surface area contributed by atoms with E-state index in [2.05, 4.69) is 56.9 Å². The lowest BCUT2D eigenvalue weighted by molar-refractivity contribution is 0.397. The molecule has 176 valence electrons. The van der Waals surface area contributed by atoms with Crippen LogP contribution in [0.3, 0.4) is 0 Å². The van der Waals surface area contributed by atoms with E-state index in [1.54, 1.807) is 7.11 Å². The van der Waals surface area contributed by atoms with Crippen molar-refractivity contribution in [2.24, 2.45) is 0 Å². The molecule has 0 amide bonds. The van der Waals surface area contributed by atoms with Crippen molar-refractivity contribution >= 4 is 40.7 Å². The Bertz CT molecular complexity index is 1170. The van der Waals surface area contributed by atoms with Gasteiger partial charge in [-0.15, -0.1) is 0 Å². The van der Waals surface area contributed by atoms with Crippen LogP contribution in [0.25, 0.3) is 0 Å². The van der Waals surface area contributed by atoms with E-state index in [9.17, 15) is 0 Å². The molecule has 0 radical (unpaired) electrons. The van der Waals surface area contributed by atoms with Gasteiger partial charge in [0.25, 0.3) is 0 Å². The Morgan fingerprint density at radius 2 is 1.79 bits per heavy atom. The van der Waals surface area contributed by atoms with Gasteiger partial charge in [0.2, 0.25) is 11.8 Å². The third kappa shape index (κ3) is 4.81. The summed E-state index contributed by atoms with van der Waals surface area (Å²) < 4.78 is 5.45. The Morgan fingerprint density at radius 1 is 1.06 bits per heavy atom. The largest absolute Gasteiger partial charge is 0.481 e. The maximum atomic E-state index is 6.29. The van der Waals surface area contributed by atoms with Gasteiger partial charge in [0.05, 0.1) is 7.11 Å². The molecule has 2 heterocycles. The number of nitrogens with zero attached hydrogens (tertiary/aromatic N) is 3. The van der Waals surface area contributed by atoms with E-state index in [-0.39, 0.29) is 5.41 Å². The van der Waals surface area contributed by atoms with Crippen LogP contribution >= 0.6 is 23.8 Å². The van der Waals surface area contributed by atoms with Crippen LogP contribution in [0.4, 0.5) is 11.8 Å². The van der Waals surface area contributed by atoms with Crippen LogP contribution in [0.1, 0.15) is 42.4 Å². The lowest BCUT2D eigenvalue weighted by atomic mass is 9.79. The molecule has 0 bridgehead atoms. The minimum atomic E-state index is 0.0262. The summed E-state index contributed by atoms with van der Waals surface area (Å²) in [4.78, 5) is 11.4. The Balaban J connectivity index is 1.28. The number of benzene rings is 2. The van der Waals surface area contributed by atoms with E-state index in [0.29, 0.717) is 16.9 Å². The number of aromatic nitrogens is 2. The fourth-order valence-corrected chi connectivity index (χ4v) is 5.42. The molecule has 0 unspecified atom stereocenters. The second-order valence-corrected chi connectivity index (χ2v) is 9.87. The van der Waals surface area contributed by atoms with Crippen LogP contribution < -0.4 is 20.3 Å². The summed E-state index contributed by atoms with van der Waals surface area (Å²) in [6.45, 7) is 2.35. The fraction of sp³-hybridized carbons (Fsp3) is 0.346. The maximum absolute atomic E-state index is 6.29. The van der Waals surface area contributed by atoms with E-state index in [4.69, 9.17) is 33.5 Å². The van der Waals surface area contributed by atoms with Crippen LogP contribution in [0, 0.1) is 0 Å². The topological polar surface area (TPSA) is 62.3 Å². The smallest absolute Gasteiger partial charge is 0.234 e. The Hall–Kier alpha value is -2.90. The Kier molecular flexibility index (Phi) is 6.57. The van der Waals surface area contributed by atoms with Gasteiger partial charge in [-0.1, -0.05) is 60.8 Å². The highest BCUT2D eigenvalue weighted by Crippen LogP contribution is 2.41. The molecule has 1 fully saturated rings.